The molecule has 19 heavy (non-hydrogen) atoms. The first-order valence-electron chi connectivity index (χ1n) is 5.92. The molecule has 6 nitrogen and oxygen atoms in total. The van der Waals surface area contributed by atoms with Crippen LogP contribution in [-0.4, -0.2) is 28.6 Å². The van der Waals surface area contributed by atoms with Crippen LogP contribution in [0.1, 0.15) is 19.3 Å². The summed E-state index contributed by atoms with van der Waals surface area (Å²) in [7, 11) is 0. The fourth-order valence-electron chi connectivity index (χ4n) is 2.02. The summed E-state index contributed by atoms with van der Waals surface area (Å²) in [5.74, 6) is -1.88. The lowest BCUT2D eigenvalue weighted by molar-refractivity contribution is -0.386. The molecule has 1 aromatic carbocycles. The minimum absolute atomic E-state index is 0.0693. The summed E-state index contributed by atoms with van der Waals surface area (Å²) < 4.78 is 13.6. The standard InChI is InChI=1S/C12H13FN2O4/c13-9-2-1-3-10(12(9)15(18)19)14(8-4-5-8)7-6-11(16)17/h1-3,8H,4-7H2,(H,16,17). The van der Waals surface area contributed by atoms with Crippen molar-refractivity contribution in [2.45, 2.75) is 25.3 Å². The van der Waals surface area contributed by atoms with E-state index in [0.717, 1.165) is 18.9 Å². The number of aliphatic carboxylic acids is 1. The van der Waals surface area contributed by atoms with E-state index in [4.69, 9.17) is 5.11 Å². The van der Waals surface area contributed by atoms with Crippen LogP contribution >= 0.6 is 0 Å². The number of nitro groups is 1. The van der Waals surface area contributed by atoms with Crippen LogP contribution in [0, 0.1) is 15.9 Å². The number of nitrogens with zero attached hydrogens (tertiary/aromatic N) is 2. The molecule has 0 aliphatic heterocycles. The molecule has 0 radical (unpaired) electrons. The van der Waals surface area contributed by atoms with Crippen molar-refractivity contribution in [1.29, 1.82) is 0 Å². The molecule has 0 atom stereocenters. The predicted molar refractivity (Wildman–Crippen MR) is 65.7 cm³/mol. The summed E-state index contributed by atoms with van der Waals surface area (Å²) in [6, 6.07) is 3.96. The average Bonchev–Trinajstić information content (AvgIpc) is 3.12. The van der Waals surface area contributed by atoms with Gasteiger partial charge < -0.3 is 10.0 Å². The van der Waals surface area contributed by atoms with Crippen molar-refractivity contribution in [2.75, 3.05) is 11.4 Å². The van der Waals surface area contributed by atoms with Gasteiger partial charge in [0, 0.05) is 12.6 Å². The van der Waals surface area contributed by atoms with Gasteiger partial charge >= 0.3 is 11.7 Å². The summed E-state index contributed by atoms with van der Waals surface area (Å²) in [6.45, 7) is 0.143. The Kier molecular flexibility index (Phi) is 3.64. The van der Waals surface area contributed by atoms with Crippen molar-refractivity contribution < 1.29 is 19.2 Å². The number of carbonyl (C=O) groups is 1. The molecule has 102 valence electrons. The Bertz CT molecular complexity index is 516. The summed E-state index contributed by atoms with van der Waals surface area (Å²) in [5.41, 5.74) is -0.423. The number of para-hydroxylation sites is 1. The summed E-state index contributed by atoms with van der Waals surface area (Å²) >= 11 is 0. The van der Waals surface area contributed by atoms with Gasteiger partial charge in [-0.05, 0) is 25.0 Å². The topological polar surface area (TPSA) is 83.7 Å². The van der Waals surface area contributed by atoms with Crippen LogP contribution in [0.25, 0.3) is 0 Å². The van der Waals surface area contributed by atoms with Gasteiger partial charge in [-0.2, -0.15) is 4.39 Å². The molecule has 0 unspecified atom stereocenters. The molecule has 0 bridgehead atoms. The molecule has 1 aromatic rings. The first-order valence-corrected chi connectivity index (χ1v) is 5.92. The number of rotatable bonds is 6. The molecule has 2 rings (SSSR count). The molecule has 0 amide bonds. The number of anilines is 1. The Balaban J connectivity index is 2.33. The molecule has 0 saturated heterocycles. The highest BCUT2D eigenvalue weighted by Crippen LogP contribution is 2.38. The number of benzene rings is 1. The smallest absolute Gasteiger partial charge is 0.327 e. The Morgan fingerprint density at radius 2 is 2.21 bits per heavy atom. The zero-order valence-corrected chi connectivity index (χ0v) is 10.1. The minimum atomic E-state index is -0.982. The largest absolute Gasteiger partial charge is 0.481 e. The molecule has 1 aliphatic rings. The second-order valence-electron chi connectivity index (χ2n) is 4.43. The van der Waals surface area contributed by atoms with E-state index in [-0.39, 0.29) is 24.7 Å². The first kappa shape index (κ1) is 13.3. The highest BCUT2D eigenvalue weighted by molar-refractivity contribution is 5.69. The maximum Gasteiger partial charge on any atom is 0.327 e. The van der Waals surface area contributed by atoms with Crippen molar-refractivity contribution in [3.8, 4) is 0 Å². The zero-order valence-electron chi connectivity index (χ0n) is 10.1. The van der Waals surface area contributed by atoms with E-state index in [1.54, 1.807) is 4.90 Å². The van der Waals surface area contributed by atoms with Gasteiger partial charge in [0.25, 0.3) is 0 Å². The highest BCUT2D eigenvalue weighted by Gasteiger charge is 2.34. The number of hydrogen-bond donors (Lipinski definition) is 1. The van der Waals surface area contributed by atoms with Crippen LogP contribution in [0.2, 0.25) is 0 Å². The van der Waals surface area contributed by atoms with Crippen LogP contribution in [0.15, 0.2) is 18.2 Å². The van der Waals surface area contributed by atoms with Crippen LogP contribution in [0.5, 0.6) is 0 Å². The van der Waals surface area contributed by atoms with E-state index in [1.807, 2.05) is 0 Å². The number of hydrogen-bond acceptors (Lipinski definition) is 4. The van der Waals surface area contributed by atoms with E-state index in [9.17, 15) is 19.3 Å². The third kappa shape index (κ3) is 2.98. The van der Waals surface area contributed by atoms with Gasteiger partial charge in [0.2, 0.25) is 5.82 Å². The third-order valence-corrected chi connectivity index (χ3v) is 3.01. The van der Waals surface area contributed by atoms with Gasteiger partial charge in [0.1, 0.15) is 5.69 Å². The number of carboxylic acids is 1. The maximum atomic E-state index is 13.6. The molecule has 0 spiro atoms. The van der Waals surface area contributed by atoms with Crippen molar-refractivity contribution in [3.05, 3.63) is 34.1 Å². The van der Waals surface area contributed by atoms with Gasteiger partial charge in [-0.15, -0.1) is 0 Å². The summed E-state index contributed by atoms with van der Waals surface area (Å²) in [4.78, 5) is 22.4. The Hall–Kier alpha value is -2.18. The average molecular weight is 268 g/mol. The normalized spacial score (nSPS) is 14.2. The maximum absolute atomic E-state index is 13.6. The lowest BCUT2D eigenvalue weighted by atomic mass is 10.2. The first-order chi connectivity index (χ1) is 9.00. The Labute approximate surface area is 108 Å². The molecule has 1 N–H and O–H groups in total. The van der Waals surface area contributed by atoms with E-state index in [0.29, 0.717) is 0 Å². The Morgan fingerprint density at radius 1 is 1.53 bits per heavy atom. The van der Waals surface area contributed by atoms with E-state index in [1.165, 1.54) is 12.1 Å². The second kappa shape index (κ2) is 5.21. The Morgan fingerprint density at radius 3 is 2.74 bits per heavy atom. The van der Waals surface area contributed by atoms with Crippen molar-refractivity contribution in [3.63, 3.8) is 0 Å². The molecule has 0 heterocycles. The fourth-order valence-corrected chi connectivity index (χ4v) is 2.02. The molecule has 1 fully saturated rings. The van der Waals surface area contributed by atoms with Gasteiger partial charge in [-0.3, -0.25) is 14.9 Å². The van der Waals surface area contributed by atoms with Gasteiger partial charge in [0.05, 0.1) is 11.3 Å². The monoisotopic (exact) mass is 268 g/mol. The molecule has 1 saturated carbocycles. The fraction of sp³-hybridized carbons (Fsp3) is 0.417. The van der Waals surface area contributed by atoms with Gasteiger partial charge in [-0.25, -0.2) is 0 Å². The highest BCUT2D eigenvalue weighted by atomic mass is 19.1. The van der Waals surface area contributed by atoms with Gasteiger partial charge in [-0.1, -0.05) is 6.07 Å². The lowest BCUT2D eigenvalue weighted by Crippen LogP contribution is -2.29. The molecular weight excluding hydrogens is 255 g/mol. The van der Waals surface area contributed by atoms with E-state index in [2.05, 4.69) is 0 Å². The van der Waals surface area contributed by atoms with Crippen molar-refractivity contribution in [1.82, 2.24) is 0 Å². The number of halogens is 1. The van der Waals surface area contributed by atoms with E-state index < -0.39 is 22.4 Å². The number of nitro benzene ring substituents is 1. The predicted octanol–water partition coefficient (Wildman–Crippen LogP) is 2.18. The summed E-state index contributed by atoms with van der Waals surface area (Å²) in [5, 5.41) is 19.7. The zero-order chi connectivity index (χ0) is 14.0. The summed E-state index contributed by atoms with van der Waals surface area (Å²) in [6.07, 6.45) is 1.55. The van der Waals surface area contributed by atoms with Crippen molar-refractivity contribution in [2.24, 2.45) is 0 Å². The van der Waals surface area contributed by atoms with E-state index >= 15 is 0 Å². The quantitative estimate of drug-likeness (QED) is 0.631. The van der Waals surface area contributed by atoms with Crippen LogP contribution < -0.4 is 4.90 Å². The molecule has 7 heteroatoms. The third-order valence-electron chi connectivity index (χ3n) is 3.01. The van der Waals surface area contributed by atoms with Crippen LogP contribution in [-0.2, 0) is 4.79 Å². The SMILES string of the molecule is O=C(O)CCN(c1cccc(F)c1[N+](=O)[O-])C1CC1. The molecule has 0 aromatic heterocycles. The van der Waals surface area contributed by atoms with Crippen LogP contribution in [0.3, 0.4) is 0 Å². The van der Waals surface area contributed by atoms with Crippen LogP contribution in [0.4, 0.5) is 15.8 Å². The van der Waals surface area contributed by atoms with Crippen molar-refractivity contribution >= 4 is 17.3 Å². The van der Waals surface area contributed by atoms with Gasteiger partial charge in [0.15, 0.2) is 0 Å². The minimum Gasteiger partial charge on any atom is -0.481 e. The lowest BCUT2D eigenvalue weighted by Gasteiger charge is -2.23. The molecular formula is C12H13FN2O4. The second-order valence-corrected chi connectivity index (χ2v) is 4.43. The molecule has 1 aliphatic carbocycles. The number of carboxylic acid groups (broad SMARTS) is 1.